The first kappa shape index (κ1) is 45.0. The lowest BCUT2D eigenvalue weighted by Gasteiger charge is -2.46. The van der Waals surface area contributed by atoms with E-state index in [2.05, 4.69) is 10.7 Å². The van der Waals surface area contributed by atoms with Crippen LogP contribution in [0.1, 0.15) is 87.1 Å². The Labute approximate surface area is 332 Å². The van der Waals surface area contributed by atoms with Crippen LogP contribution in [0.15, 0.2) is 42.0 Å². The van der Waals surface area contributed by atoms with Gasteiger partial charge in [0, 0.05) is 55.6 Å². The standard InChI is InChI=1S/C42H64N4O10/c1-13-33-42(9)36(46(40(51)56-42)43-20-14-15-30-16-18-31(19-17-30)44-29(7)47)28(6)34(48)26(4)23-41(8,52-12)37(24(2)21-25(3)38(50)54-33)55-39-35(49)32(45(10)11)22-27(5)53-39/h14-19,21,24,26-28,32-33,35-37,39,43,49H,13,20,22-23H2,1-12H3,(H,44,47)/b15-14+,25-21+/t24-,26+,27+,28-,32-,33+,35+,36+,37+,39-,41-,42+/m0/s1. The number of nitrogens with one attached hydrogen (secondary N) is 2. The largest absolute Gasteiger partial charge is 0.455 e. The first-order valence-corrected chi connectivity index (χ1v) is 19.7. The number of hydrogen-bond acceptors (Lipinski definition) is 12. The smallest absolute Gasteiger partial charge is 0.425 e. The summed E-state index contributed by atoms with van der Waals surface area (Å²) in [7, 11) is 5.37. The van der Waals surface area contributed by atoms with Crippen LogP contribution in [0.4, 0.5) is 10.5 Å². The van der Waals surface area contributed by atoms with E-state index in [4.69, 9.17) is 23.7 Å². The van der Waals surface area contributed by atoms with E-state index in [9.17, 15) is 24.3 Å². The highest BCUT2D eigenvalue weighted by Crippen LogP contribution is 2.42. The molecule has 4 rings (SSSR count). The summed E-state index contributed by atoms with van der Waals surface area (Å²) < 4.78 is 31.3. The van der Waals surface area contributed by atoms with Gasteiger partial charge in [-0.3, -0.25) is 9.59 Å². The number of likely N-dealkylation sites (N-methyl/N-ethyl adjacent to an activating group) is 1. The Bertz CT molecular complexity index is 1620. The number of cyclic esters (lactones) is 1. The summed E-state index contributed by atoms with van der Waals surface area (Å²) in [5, 5.41) is 15.5. The first-order chi connectivity index (χ1) is 26.3. The van der Waals surface area contributed by atoms with Crippen molar-refractivity contribution < 1.29 is 48.0 Å². The van der Waals surface area contributed by atoms with E-state index in [-0.39, 0.29) is 36.8 Å². The number of hydrazine groups is 1. The molecule has 1 aromatic carbocycles. The molecule has 12 atom stereocenters. The van der Waals surface area contributed by atoms with Gasteiger partial charge in [0.15, 0.2) is 11.9 Å². The highest BCUT2D eigenvalue weighted by molar-refractivity contribution is 5.89. The number of hydrogen-bond donors (Lipinski definition) is 3. The molecule has 0 radical (unpaired) electrons. The Morgan fingerprint density at radius 1 is 1.11 bits per heavy atom. The number of aliphatic hydroxyl groups is 1. The number of Topliss-reactive ketones (excluding diaryl/α,β-unsaturated/α-hetero) is 1. The van der Waals surface area contributed by atoms with Crippen molar-refractivity contribution in [3.05, 3.63) is 47.6 Å². The molecule has 312 valence electrons. The molecule has 14 nitrogen and oxygen atoms in total. The zero-order chi connectivity index (χ0) is 41.7. The maximum atomic E-state index is 14.6. The third-order valence-corrected chi connectivity index (χ3v) is 11.6. The number of carbonyl (C=O) groups excluding carboxylic acids is 4. The highest BCUT2D eigenvalue weighted by atomic mass is 16.7. The number of nitrogens with zero attached hydrogens (tertiary/aromatic N) is 2. The number of fused-ring (bicyclic) bond motifs is 1. The third kappa shape index (κ3) is 10.1. The quantitative estimate of drug-likeness (QED) is 0.269. The van der Waals surface area contributed by atoms with Gasteiger partial charge in [-0.15, -0.1) is 0 Å². The molecule has 2 saturated heterocycles. The molecule has 3 heterocycles. The number of amides is 2. The van der Waals surface area contributed by atoms with Gasteiger partial charge >= 0.3 is 12.1 Å². The average molecular weight is 785 g/mol. The summed E-state index contributed by atoms with van der Waals surface area (Å²) in [6.45, 7) is 16.2. The average Bonchev–Trinajstić information content (AvgIpc) is 3.40. The first-order valence-electron chi connectivity index (χ1n) is 19.7. The minimum atomic E-state index is -1.40. The van der Waals surface area contributed by atoms with Crippen LogP contribution in [-0.2, 0) is 38.1 Å². The second-order valence-electron chi connectivity index (χ2n) is 16.4. The minimum Gasteiger partial charge on any atom is -0.455 e. The van der Waals surface area contributed by atoms with Gasteiger partial charge < -0.3 is 39.0 Å². The predicted molar refractivity (Wildman–Crippen MR) is 212 cm³/mol. The lowest BCUT2D eigenvalue weighted by Crippen LogP contribution is -2.60. The second kappa shape index (κ2) is 18.7. The maximum absolute atomic E-state index is 14.6. The van der Waals surface area contributed by atoms with Crippen LogP contribution in [0.2, 0.25) is 0 Å². The van der Waals surface area contributed by atoms with Gasteiger partial charge in [0.2, 0.25) is 5.91 Å². The van der Waals surface area contributed by atoms with E-state index in [1.54, 1.807) is 46.1 Å². The molecule has 3 aliphatic rings. The number of methoxy groups -OCH3 is 1. The topological polar surface area (TPSA) is 165 Å². The van der Waals surface area contributed by atoms with Gasteiger partial charge in [0.05, 0.1) is 17.8 Å². The molecule has 0 aliphatic carbocycles. The number of carbonyl (C=O) groups is 4. The molecule has 56 heavy (non-hydrogen) atoms. The molecular formula is C42H64N4O10. The zero-order valence-corrected chi connectivity index (χ0v) is 35.2. The summed E-state index contributed by atoms with van der Waals surface area (Å²) in [6, 6.07) is 6.22. The van der Waals surface area contributed by atoms with Crippen LogP contribution >= 0.6 is 0 Å². The van der Waals surface area contributed by atoms with E-state index in [1.165, 1.54) is 11.9 Å². The van der Waals surface area contributed by atoms with Gasteiger partial charge in [-0.25, -0.2) is 20.0 Å². The molecule has 14 heteroatoms. The van der Waals surface area contributed by atoms with Crippen LogP contribution in [0.3, 0.4) is 0 Å². The molecule has 0 aromatic heterocycles. The maximum Gasteiger partial charge on any atom is 0.425 e. The van der Waals surface area contributed by atoms with Crippen molar-refractivity contribution in [2.24, 2.45) is 17.8 Å². The Morgan fingerprint density at radius 2 is 1.77 bits per heavy atom. The van der Waals surface area contributed by atoms with E-state index in [0.717, 1.165) is 5.56 Å². The Morgan fingerprint density at radius 3 is 2.36 bits per heavy atom. The number of esters is 1. The van der Waals surface area contributed by atoms with Crippen molar-refractivity contribution in [1.29, 1.82) is 0 Å². The summed E-state index contributed by atoms with van der Waals surface area (Å²) in [5.41, 5.74) is 2.53. The molecule has 2 fully saturated rings. The monoisotopic (exact) mass is 784 g/mol. The zero-order valence-electron chi connectivity index (χ0n) is 35.2. The van der Waals surface area contributed by atoms with E-state index < -0.39 is 71.7 Å². The Hall–Kier alpha value is -3.66. The van der Waals surface area contributed by atoms with Crippen molar-refractivity contribution in [1.82, 2.24) is 15.3 Å². The van der Waals surface area contributed by atoms with Crippen molar-refractivity contribution in [2.45, 2.75) is 136 Å². The number of anilines is 1. The van der Waals surface area contributed by atoms with Crippen LogP contribution in [0.5, 0.6) is 0 Å². The fraction of sp³-hybridized carbons (Fsp3) is 0.667. The van der Waals surface area contributed by atoms with Gasteiger partial charge in [0.1, 0.15) is 24.0 Å². The van der Waals surface area contributed by atoms with Crippen LogP contribution < -0.4 is 10.7 Å². The second-order valence-corrected chi connectivity index (χ2v) is 16.4. The molecule has 0 saturated carbocycles. The third-order valence-electron chi connectivity index (χ3n) is 11.6. The van der Waals surface area contributed by atoms with Crippen molar-refractivity contribution in [3.8, 4) is 0 Å². The summed E-state index contributed by atoms with van der Waals surface area (Å²) in [5.74, 6) is -2.73. The summed E-state index contributed by atoms with van der Waals surface area (Å²) in [4.78, 5) is 55.5. The predicted octanol–water partition coefficient (Wildman–Crippen LogP) is 5.11. The lowest BCUT2D eigenvalue weighted by molar-refractivity contribution is -0.294. The Balaban J connectivity index is 1.69. The fourth-order valence-electron chi connectivity index (χ4n) is 8.66. The van der Waals surface area contributed by atoms with Crippen LogP contribution in [0.25, 0.3) is 6.08 Å². The van der Waals surface area contributed by atoms with Crippen molar-refractivity contribution >= 4 is 35.5 Å². The SMILES string of the molecule is CC[C@H]1OC(=O)/C(C)=C/[C@H](C)[C@@H](O[C@@H]2O[C@H](C)C[C@H](N(C)C)[C@H]2O)[C@@](C)(OC)C[C@@H](C)C(=O)[C@H](C)[C@H]2N(NC/C=C/c3ccc(NC(C)=O)cc3)C(=O)O[C@]12C. The van der Waals surface area contributed by atoms with E-state index in [0.29, 0.717) is 24.1 Å². The number of aliphatic hydroxyl groups excluding tert-OH is 1. The number of ether oxygens (including phenoxy) is 5. The molecule has 1 aromatic rings. The molecule has 0 unspecified atom stereocenters. The number of ketones is 1. The molecule has 0 bridgehead atoms. The molecule has 0 spiro atoms. The van der Waals surface area contributed by atoms with Gasteiger partial charge in [-0.1, -0.05) is 58.1 Å². The van der Waals surface area contributed by atoms with Crippen molar-refractivity contribution in [2.75, 3.05) is 33.1 Å². The molecule has 2 amide bonds. The van der Waals surface area contributed by atoms with Crippen LogP contribution in [0, 0.1) is 17.8 Å². The van der Waals surface area contributed by atoms with Gasteiger partial charge in [0.25, 0.3) is 0 Å². The van der Waals surface area contributed by atoms with Crippen LogP contribution in [-0.4, -0.2) is 121 Å². The van der Waals surface area contributed by atoms with Gasteiger partial charge in [-0.05, 0) is 78.7 Å². The molecule has 3 aliphatic heterocycles. The lowest BCUT2D eigenvalue weighted by atomic mass is 9.74. The highest BCUT2D eigenvalue weighted by Gasteiger charge is 2.60. The minimum absolute atomic E-state index is 0.143. The summed E-state index contributed by atoms with van der Waals surface area (Å²) in [6.07, 6.45) is 2.08. The normalized spacial score (nSPS) is 37.1. The Kier molecular flexibility index (Phi) is 15.1. The number of benzene rings is 1. The summed E-state index contributed by atoms with van der Waals surface area (Å²) >= 11 is 0. The van der Waals surface area contributed by atoms with E-state index >= 15 is 0 Å². The molecule has 3 N–H and O–H groups in total. The fourth-order valence-corrected chi connectivity index (χ4v) is 8.66. The molecular weight excluding hydrogens is 720 g/mol. The number of rotatable bonds is 10. The van der Waals surface area contributed by atoms with E-state index in [1.807, 2.05) is 77.9 Å². The van der Waals surface area contributed by atoms with Crippen molar-refractivity contribution in [3.63, 3.8) is 0 Å². The van der Waals surface area contributed by atoms with Gasteiger partial charge in [-0.2, -0.15) is 0 Å².